The maximum absolute atomic E-state index is 17.0. The van der Waals surface area contributed by atoms with Crippen molar-refractivity contribution in [1.82, 2.24) is 19.9 Å². The lowest BCUT2D eigenvalue weighted by molar-refractivity contribution is -0.308. The first-order valence-electron chi connectivity index (χ1n) is 35.5. The summed E-state index contributed by atoms with van der Waals surface area (Å²) in [4.78, 5) is 56.4. The molecule has 2 saturated heterocycles. The number of aryl methyl sites for hydroxylation is 1. The first-order chi connectivity index (χ1) is 42.1. The molecule has 6 heterocycles. The summed E-state index contributed by atoms with van der Waals surface area (Å²) in [5, 5.41) is 44.3. The van der Waals surface area contributed by atoms with Crippen LogP contribution >= 0.6 is 0 Å². The number of hydrogen-bond acceptors (Lipinski definition) is 9. The normalized spacial score (nSPS) is 42.2. The van der Waals surface area contributed by atoms with Crippen LogP contribution in [0.1, 0.15) is 258 Å². The summed E-state index contributed by atoms with van der Waals surface area (Å²) in [5.74, 6) is 0.0476. The van der Waals surface area contributed by atoms with Crippen molar-refractivity contribution in [1.29, 1.82) is 0 Å². The number of ether oxygens (including phenoxy) is 2. The number of rotatable bonds is 7. The molecule has 0 unspecified atom stereocenters. The Morgan fingerprint density at radius 3 is 2.34 bits per heavy atom. The van der Waals surface area contributed by atoms with Crippen molar-refractivity contribution in [2.45, 2.75) is 268 Å². The van der Waals surface area contributed by atoms with Crippen LogP contribution in [0, 0.1) is 55.7 Å². The minimum atomic E-state index is -1.04. The number of nitrogens with one attached hydrogen (secondary N) is 3. The van der Waals surface area contributed by atoms with Gasteiger partial charge >= 0.3 is 0 Å². The van der Waals surface area contributed by atoms with Crippen molar-refractivity contribution in [2.24, 2.45) is 55.7 Å². The smallest absolute Gasteiger partial charge is 0.160 e. The van der Waals surface area contributed by atoms with E-state index in [1.807, 2.05) is 0 Å². The van der Waals surface area contributed by atoms with Crippen molar-refractivity contribution in [3.05, 3.63) is 92.6 Å². The Morgan fingerprint density at radius 2 is 1.59 bits per heavy atom. The zero-order chi connectivity index (χ0) is 60.7. The number of carbonyl (C=O) groups is 3. The second-order valence-corrected chi connectivity index (χ2v) is 33.9. The molecule has 0 radical (unpaired) electrons. The first kappa shape index (κ1) is 57.7. The van der Waals surface area contributed by atoms with Crippen LogP contribution in [0.5, 0.6) is 0 Å². The maximum atomic E-state index is 17.0. The average Bonchev–Trinajstić information content (AvgIpc) is 1.04. The quantitative estimate of drug-likeness (QED) is 0.0981. The highest BCUT2D eigenvalue weighted by atomic mass is 16.6. The third kappa shape index (κ3) is 7.40. The number of aliphatic hydroxyl groups excluding tert-OH is 2. The Hall–Kier alpha value is -4.17. The van der Waals surface area contributed by atoms with Gasteiger partial charge in [-0.15, -0.1) is 0 Å². The summed E-state index contributed by atoms with van der Waals surface area (Å²) in [5.41, 5.74) is 7.90. The average molecular weight is 1200 g/mol. The number of benzene rings is 1. The Balaban J connectivity index is 0.892. The molecule has 0 amide bonds. The lowest BCUT2D eigenvalue weighted by Crippen LogP contribution is -2.78. The van der Waals surface area contributed by atoms with Gasteiger partial charge in [0.05, 0.1) is 46.3 Å². The molecule has 12 nitrogen and oxygen atoms in total. The number of allylic oxidation sites excluding steroid dienone is 1. The molecule has 2 bridgehead atoms. The lowest BCUT2D eigenvalue weighted by Gasteiger charge is -2.80. The molecule has 3 aromatic heterocycles. The molecule has 88 heavy (non-hydrogen) atoms. The number of fused-ring (bicyclic) bond motifs is 11. The number of ketones is 3. The molecule has 1 aromatic carbocycles. The van der Waals surface area contributed by atoms with Crippen LogP contribution in [0.25, 0.3) is 11.0 Å². The van der Waals surface area contributed by atoms with Gasteiger partial charge in [0, 0.05) is 104 Å². The maximum Gasteiger partial charge on any atom is 0.160 e. The molecule has 16 atom stereocenters. The molecule has 10 aliphatic carbocycles. The van der Waals surface area contributed by atoms with Gasteiger partial charge in [-0.2, -0.15) is 0 Å². The van der Waals surface area contributed by atoms with E-state index in [0.717, 1.165) is 140 Å². The minimum Gasteiger partial charge on any atom is -0.392 e. The van der Waals surface area contributed by atoms with E-state index in [4.69, 9.17) is 9.47 Å². The number of aromatic nitrogens is 3. The van der Waals surface area contributed by atoms with Crippen molar-refractivity contribution in [3.63, 3.8) is 0 Å². The standard InChI is InChI=1S/C76H100N4O8/c1-68(2)66(88-68)55(83)36-69(3)25-19-44-38-79-61-50(56-49-32-45(42-14-9-8-10-15-42)33-52(47(49)17-18-53(56)81)76(86)27-30-87-31-28-76)39-80(62(44)61)40-51-57-59(69)54(82)37-70(57,4)71(5)41-73(22-11-12-23-73)67-72(6,64(71)63(51)84)75-26-20-43(34-75)60-48(21-29-78-60)58(75)65(85)74(67)24-13-16-46(35-74)77-7/h21,29,32-33,38-39,42-43,46,51,55-56,58,63-64,66-67,77-79,83-84,86H,8-20,22-28,30-31,34-37,40-41H2,1-7H3/t43-,46-,51+,55+,56-,58-,63+,64-,66+,67-,69-,70-,71-,72-,74+,75-/m0/s1. The molecule has 12 heteroatoms. The van der Waals surface area contributed by atoms with Crippen LogP contribution in [0.2, 0.25) is 0 Å². The number of H-pyrrole nitrogens is 2. The van der Waals surface area contributed by atoms with Crippen LogP contribution in [-0.2, 0) is 48.8 Å². The molecule has 7 saturated carbocycles. The van der Waals surface area contributed by atoms with E-state index in [-0.39, 0.29) is 46.9 Å². The van der Waals surface area contributed by atoms with Crippen molar-refractivity contribution in [3.8, 4) is 0 Å². The third-order valence-corrected chi connectivity index (χ3v) is 29.7. The summed E-state index contributed by atoms with van der Waals surface area (Å²) in [7, 11) is 2.11. The van der Waals surface area contributed by atoms with Gasteiger partial charge in [-0.1, -0.05) is 78.4 Å². The number of hydrogen-bond donors (Lipinski definition) is 6. The van der Waals surface area contributed by atoms with E-state index in [0.29, 0.717) is 88.7 Å². The number of aromatic amines is 2. The second kappa shape index (κ2) is 19.2. The van der Waals surface area contributed by atoms with E-state index in [1.54, 1.807) is 0 Å². The van der Waals surface area contributed by atoms with Crippen molar-refractivity contribution >= 4 is 28.4 Å². The monoisotopic (exact) mass is 1200 g/mol. The molecule has 472 valence electrons. The molecule has 3 aliphatic heterocycles. The SMILES string of the molecule is CN[C@H]1CCC[C@@]2(C1)C(=O)[C@@H]1c3cc[nH]c3[C@H]3CC[C@@]1(C3)[C@@]1(C)[C@H]3[C@H](O)[C@@H]4Cn5cc([C@H]6C(=O)CCc7c6cc(C6CCCCC6)cc7C6(O)CCOCC6)c6[nH]cc(c65)CC[C@@](C)(C[C@@H](O)[C@H]5OC5(C)C)C5=C4[C@](C)(CC5=O)[C@@]3(C)CC3(CCCC3)[C@@H]21. The zero-order valence-corrected chi connectivity index (χ0v) is 53.9. The van der Waals surface area contributed by atoms with Crippen LogP contribution in [0.15, 0.2) is 47.9 Å². The Morgan fingerprint density at radius 1 is 0.818 bits per heavy atom. The number of nitrogens with zero attached hydrogens (tertiary/aromatic N) is 1. The van der Waals surface area contributed by atoms with Gasteiger partial charge in [-0.25, -0.2) is 0 Å². The molecule has 9 fully saturated rings. The van der Waals surface area contributed by atoms with E-state index >= 15 is 19.5 Å². The van der Waals surface area contributed by atoms with Gasteiger partial charge in [0.2, 0.25) is 0 Å². The predicted octanol–water partition coefficient (Wildman–Crippen LogP) is 13.1. The highest BCUT2D eigenvalue weighted by molar-refractivity contribution is 6.02. The predicted molar refractivity (Wildman–Crippen MR) is 338 cm³/mol. The minimum absolute atomic E-state index is 0.0653. The van der Waals surface area contributed by atoms with Crippen LogP contribution in [0.3, 0.4) is 0 Å². The highest BCUT2D eigenvalue weighted by Gasteiger charge is 2.85. The fourth-order valence-electron chi connectivity index (χ4n) is 26.3. The topological polar surface area (TPSA) is 182 Å². The van der Waals surface area contributed by atoms with E-state index in [2.05, 4.69) is 105 Å². The first-order valence-corrected chi connectivity index (χ1v) is 35.5. The largest absolute Gasteiger partial charge is 0.392 e. The second-order valence-electron chi connectivity index (χ2n) is 33.9. The molecule has 4 aromatic rings. The van der Waals surface area contributed by atoms with Crippen LogP contribution in [-0.4, -0.2) is 97.4 Å². The number of Topliss-reactive ketones (excluding diaryl/α,β-unsaturated/α-hetero) is 3. The van der Waals surface area contributed by atoms with E-state index in [9.17, 15) is 10.2 Å². The summed E-state index contributed by atoms with van der Waals surface area (Å²) in [6, 6.07) is 7.23. The van der Waals surface area contributed by atoms with Gasteiger partial charge < -0.3 is 44.6 Å². The van der Waals surface area contributed by atoms with Gasteiger partial charge in [0.25, 0.3) is 0 Å². The molecule has 17 rings (SSSR count). The van der Waals surface area contributed by atoms with Crippen molar-refractivity contribution < 1.29 is 39.2 Å². The Bertz CT molecular complexity index is 3620. The third-order valence-electron chi connectivity index (χ3n) is 29.7. The van der Waals surface area contributed by atoms with Gasteiger partial charge in [0.1, 0.15) is 17.7 Å². The van der Waals surface area contributed by atoms with E-state index < -0.39 is 67.7 Å². The van der Waals surface area contributed by atoms with Gasteiger partial charge in [0.15, 0.2) is 5.78 Å². The molecular formula is C76H100N4O8. The summed E-state index contributed by atoms with van der Waals surface area (Å²) < 4.78 is 14.6. The van der Waals surface area contributed by atoms with Crippen molar-refractivity contribution in [2.75, 3.05) is 20.3 Å². The van der Waals surface area contributed by atoms with Gasteiger partial charge in [-0.05, 0) is 213 Å². The summed E-state index contributed by atoms with van der Waals surface area (Å²) in [6.07, 6.45) is 26.4. The summed E-state index contributed by atoms with van der Waals surface area (Å²) in [6.45, 7) is 15.5. The summed E-state index contributed by atoms with van der Waals surface area (Å²) >= 11 is 0. The number of carbonyl (C=O) groups excluding carboxylic acids is 3. The zero-order valence-electron chi connectivity index (χ0n) is 53.9. The fraction of sp³-hybridized carbons (Fsp3) is 0.724. The van der Waals surface area contributed by atoms with Crippen LogP contribution < -0.4 is 5.32 Å². The Kier molecular flexibility index (Phi) is 12.6. The number of epoxide rings is 1. The number of aliphatic hydroxyl groups is 3. The molecule has 3 spiro atoms. The molecule has 6 N–H and O–H groups in total. The molecular weight excluding hydrogens is 1100 g/mol. The van der Waals surface area contributed by atoms with E-state index in [1.165, 1.54) is 36.1 Å². The van der Waals surface area contributed by atoms with Gasteiger partial charge in [-0.3, -0.25) is 14.4 Å². The fourth-order valence-corrected chi connectivity index (χ4v) is 26.3. The molecule has 13 aliphatic rings. The highest BCUT2D eigenvalue weighted by Crippen LogP contribution is 2.88. The lowest BCUT2D eigenvalue weighted by atomic mass is 9.23. The van der Waals surface area contributed by atoms with Crippen LogP contribution in [0.4, 0.5) is 0 Å². The Labute approximate surface area is 521 Å².